The summed E-state index contributed by atoms with van der Waals surface area (Å²) >= 11 is 3.55. The van der Waals surface area contributed by atoms with E-state index in [1.165, 1.54) is 27.4 Å². The lowest BCUT2D eigenvalue weighted by Crippen LogP contribution is -1.92. The maximum Gasteiger partial charge on any atom is 0.0502 e. The van der Waals surface area contributed by atoms with Crippen LogP contribution in [0.25, 0.3) is 21.8 Å². The molecule has 0 N–H and O–H groups in total. The van der Waals surface area contributed by atoms with Crippen molar-refractivity contribution in [3.8, 4) is 0 Å². The van der Waals surface area contributed by atoms with E-state index in [2.05, 4.69) is 70.7 Å². The molecule has 2 aromatic carbocycles. The molecule has 2 heteroatoms. The Morgan fingerprint density at radius 2 is 1.82 bits per heavy atom. The summed E-state index contributed by atoms with van der Waals surface area (Å²) in [5.74, 6) is 0. The van der Waals surface area contributed by atoms with Gasteiger partial charge in [-0.15, -0.1) is 0 Å². The Balaban J connectivity index is 2.56. The summed E-state index contributed by atoms with van der Waals surface area (Å²) in [7, 11) is 0. The van der Waals surface area contributed by atoms with E-state index in [9.17, 15) is 0 Å². The van der Waals surface area contributed by atoms with Gasteiger partial charge in [0.2, 0.25) is 0 Å². The van der Waals surface area contributed by atoms with Crippen LogP contribution in [0.15, 0.2) is 40.9 Å². The highest BCUT2D eigenvalue weighted by molar-refractivity contribution is 9.10. The quantitative estimate of drug-likeness (QED) is 0.601. The zero-order valence-corrected chi connectivity index (χ0v) is 11.6. The van der Waals surface area contributed by atoms with E-state index >= 15 is 0 Å². The Labute approximate surface area is 109 Å². The first-order valence-corrected chi connectivity index (χ1v) is 6.68. The van der Waals surface area contributed by atoms with E-state index in [1.807, 2.05) is 0 Å². The van der Waals surface area contributed by atoms with Crippen molar-refractivity contribution in [3.05, 3.63) is 46.4 Å². The maximum atomic E-state index is 3.55. The molecule has 0 fully saturated rings. The first-order chi connectivity index (χ1) is 8.20. The van der Waals surface area contributed by atoms with Gasteiger partial charge in [-0.2, -0.15) is 0 Å². The van der Waals surface area contributed by atoms with E-state index in [0.717, 1.165) is 11.0 Å². The second-order valence-corrected chi connectivity index (χ2v) is 5.34. The number of benzene rings is 2. The molecule has 0 amide bonds. The van der Waals surface area contributed by atoms with Crippen molar-refractivity contribution in [1.29, 1.82) is 0 Å². The molecule has 0 spiro atoms. The molecule has 0 saturated heterocycles. The van der Waals surface area contributed by atoms with Crippen LogP contribution in [-0.4, -0.2) is 4.57 Å². The number of hydrogen-bond donors (Lipinski definition) is 0. The molecule has 0 aliphatic heterocycles. The molecular formula is C15H14BrN. The molecule has 3 rings (SSSR count). The fraction of sp³-hybridized carbons (Fsp3) is 0.200. The number of nitrogens with zero attached hydrogens (tertiary/aromatic N) is 1. The van der Waals surface area contributed by atoms with Gasteiger partial charge in [0.05, 0.1) is 5.52 Å². The predicted molar refractivity (Wildman–Crippen MR) is 77.6 cm³/mol. The maximum absolute atomic E-state index is 3.55. The fourth-order valence-corrected chi connectivity index (χ4v) is 2.88. The molecule has 0 aliphatic carbocycles. The highest BCUT2D eigenvalue weighted by Crippen LogP contribution is 2.31. The lowest BCUT2D eigenvalue weighted by atomic mass is 10.1. The standard InChI is InChI=1S/C15H14BrN/c1-3-17-14-7-4-10(2)8-13(14)12-6-5-11(16)9-15(12)17/h4-9H,3H2,1-2H3. The number of aryl methyl sites for hydroxylation is 2. The molecule has 86 valence electrons. The van der Waals surface area contributed by atoms with Crippen LogP contribution in [0.2, 0.25) is 0 Å². The third kappa shape index (κ3) is 1.59. The molecule has 0 unspecified atom stereocenters. The van der Waals surface area contributed by atoms with Crippen molar-refractivity contribution >= 4 is 37.7 Å². The molecule has 1 nitrogen and oxygen atoms in total. The van der Waals surface area contributed by atoms with Gasteiger partial charge in [-0.1, -0.05) is 33.6 Å². The van der Waals surface area contributed by atoms with Crippen LogP contribution in [0.5, 0.6) is 0 Å². The average Bonchev–Trinajstić information content (AvgIpc) is 2.61. The summed E-state index contributed by atoms with van der Waals surface area (Å²) in [5, 5.41) is 2.70. The normalized spacial score (nSPS) is 11.5. The van der Waals surface area contributed by atoms with Gasteiger partial charge in [0.25, 0.3) is 0 Å². The van der Waals surface area contributed by atoms with Gasteiger partial charge in [-0.05, 0) is 38.1 Å². The number of hydrogen-bond acceptors (Lipinski definition) is 0. The van der Waals surface area contributed by atoms with Gasteiger partial charge < -0.3 is 4.57 Å². The zero-order chi connectivity index (χ0) is 12.0. The Bertz CT molecular complexity index is 710. The Hall–Kier alpha value is -1.28. The molecule has 1 aromatic heterocycles. The van der Waals surface area contributed by atoms with Crippen molar-refractivity contribution < 1.29 is 0 Å². The Kier molecular flexibility index (Phi) is 2.48. The molecule has 0 aliphatic rings. The summed E-state index contributed by atoms with van der Waals surface area (Å²) in [6.45, 7) is 5.34. The summed E-state index contributed by atoms with van der Waals surface area (Å²) in [6, 6.07) is 13.2. The van der Waals surface area contributed by atoms with E-state index < -0.39 is 0 Å². The number of aromatic nitrogens is 1. The van der Waals surface area contributed by atoms with Crippen LogP contribution in [0.3, 0.4) is 0 Å². The molecule has 0 saturated carbocycles. The Morgan fingerprint density at radius 1 is 1.00 bits per heavy atom. The SMILES string of the molecule is CCn1c2ccc(C)cc2c2ccc(Br)cc21. The van der Waals surface area contributed by atoms with Gasteiger partial charge in [0.1, 0.15) is 0 Å². The third-order valence-electron chi connectivity index (χ3n) is 3.30. The lowest BCUT2D eigenvalue weighted by molar-refractivity contribution is 0.827. The smallest absolute Gasteiger partial charge is 0.0502 e. The van der Waals surface area contributed by atoms with Gasteiger partial charge in [0.15, 0.2) is 0 Å². The summed E-state index contributed by atoms with van der Waals surface area (Å²) in [4.78, 5) is 0. The van der Waals surface area contributed by atoms with Gasteiger partial charge >= 0.3 is 0 Å². The molecule has 0 radical (unpaired) electrons. The van der Waals surface area contributed by atoms with Crippen LogP contribution < -0.4 is 0 Å². The van der Waals surface area contributed by atoms with Gasteiger partial charge in [-0.25, -0.2) is 0 Å². The van der Waals surface area contributed by atoms with E-state index in [4.69, 9.17) is 0 Å². The summed E-state index contributed by atoms with van der Waals surface area (Å²) in [5.41, 5.74) is 3.95. The van der Waals surface area contributed by atoms with E-state index in [0.29, 0.717) is 0 Å². The molecule has 0 bridgehead atoms. The topological polar surface area (TPSA) is 4.93 Å². The zero-order valence-electron chi connectivity index (χ0n) is 10.00. The number of fused-ring (bicyclic) bond motifs is 3. The van der Waals surface area contributed by atoms with Crippen molar-refractivity contribution in [2.75, 3.05) is 0 Å². The largest absolute Gasteiger partial charge is 0.341 e. The number of rotatable bonds is 1. The monoisotopic (exact) mass is 287 g/mol. The highest BCUT2D eigenvalue weighted by atomic mass is 79.9. The van der Waals surface area contributed by atoms with Crippen LogP contribution in [0.4, 0.5) is 0 Å². The molecular weight excluding hydrogens is 274 g/mol. The number of halogens is 1. The predicted octanol–water partition coefficient (Wildman–Crippen LogP) is 4.89. The molecule has 3 aromatic rings. The van der Waals surface area contributed by atoms with Gasteiger partial charge in [-0.3, -0.25) is 0 Å². The summed E-state index contributed by atoms with van der Waals surface area (Å²) in [6.07, 6.45) is 0. The minimum Gasteiger partial charge on any atom is -0.341 e. The van der Waals surface area contributed by atoms with E-state index in [-0.39, 0.29) is 0 Å². The lowest BCUT2D eigenvalue weighted by Gasteiger charge is -2.03. The first kappa shape index (κ1) is 10.8. The van der Waals surface area contributed by atoms with Crippen molar-refractivity contribution in [3.63, 3.8) is 0 Å². The summed E-state index contributed by atoms with van der Waals surface area (Å²) < 4.78 is 3.51. The average molecular weight is 288 g/mol. The molecule has 0 atom stereocenters. The molecule has 17 heavy (non-hydrogen) atoms. The second-order valence-electron chi connectivity index (χ2n) is 4.43. The fourth-order valence-electron chi connectivity index (χ4n) is 2.53. The van der Waals surface area contributed by atoms with Gasteiger partial charge in [0, 0.05) is 27.3 Å². The minimum atomic E-state index is 1.000. The van der Waals surface area contributed by atoms with Crippen LogP contribution in [0.1, 0.15) is 12.5 Å². The van der Waals surface area contributed by atoms with Crippen LogP contribution in [0, 0.1) is 6.92 Å². The van der Waals surface area contributed by atoms with Crippen molar-refractivity contribution in [2.45, 2.75) is 20.4 Å². The third-order valence-corrected chi connectivity index (χ3v) is 3.79. The first-order valence-electron chi connectivity index (χ1n) is 5.89. The van der Waals surface area contributed by atoms with Crippen LogP contribution >= 0.6 is 15.9 Å². The highest BCUT2D eigenvalue weighted by Gasteiger charge is 2.09. The minimum absolute atomic E-state index is 1.000. The van der Waals surface area contributed by atoms with E-state index in [1.54, 1.807) is 0 Å². The van der Waals surface area contributed by atoms with Crippen molar-refractivity contribution in [2.24, 2.45) is 0 Å². The Morgan fingerprint density at radius 3 is 2.59 bits per heavy atom. The molecule has 1 heterocycles. The second kappa shape index (κ2) is 3.88. The van der Waals surface area contributed by atoms with Crippen molar-refractivity contribution in [1.82, 2.24) is 4.57 Å². The van der Waals surface area contributed by atoms with Crippen LogP contribution in [-0.2, 0) is 6.54 Å².